The van der Waals surface area contributed by atoms with E-state index in [1.165, 1.54) is 34.8 Å². The summed E-state index contributed by atoms with van der Waals surface area (Å²) in [5.41, 5.74) is 1.48. The van der Waals surface area contributed by atoms with Crippen LogP contribution in [-0.2, 0) is 19.4 Å². The van der Waals surface area contributed by atoms with Gasteiger partial charge in [0.15, 0.2) is 5.96 Å². The largest absolute Gasteiger partial charge is 0.357 e. The summed E-state index contributed by atoms with van der Waals surface area (Å²) in [6.07, 6.45) is 4.97. The zero-order valence-electron chi connectivity index (χ0n) is 15.9. The van der Waals surface area contributed by atoms with E-state index in [9.17, 15) is 0 Å². The first kappa shape index (κ1) is 19.2. The summed E-state index contributed by atoms with van der Waals surface area (Å²) in [4.78, 5) is 13.3. The first-order valence-electron chi connectivity index (χ1n) is 9.11. The molecule has 0 unspecified atom stereocenters. The predicted molar refractivity (Wildman–Crippen MR) is 104 cm³/mol. The van der Waals surface area contributed by atoms with E-state index < -0.39 is 0 Å². The highest BCUT2D eigenvalue weighted by atomic mass is 32.1. The molecule has 0 aliphatic heterocycles. The molecule has 0 atom stereocenters. The van der Waals surface area contributed by atoms with E-state index in [0.717, 1.165) is 38.6 Å². The van der Waals surface area contributed by atoms with Crippen molar-refractivity contribution in [2.24, 2.45) is 4.99 Å². The van der Waals surface area contributed by atoms with Gasteiger partial charge < -0.3 is 15.5 Å². The molecule has 0 bridgehead atoms. The van der Waals surface area contributed by atoms with Crippen LogP contribution in [0, 0.1) is 0 Å². The van der Waals surface area contributed by atoms with Crippen molar-refractivity contribution < 1.29 is 0 Å². The van der Waals surface area contributed by atoms with Crippen molar-refractivity contribution >= 4 is 17.3 Å². The van der Waals surface area contributed by atoms with Crippen LogP contribution in [0.4, 0.5) is 0 Å². The van der Waals surface area contributed by atoms with Crippen LogP contribution in [0.5, 0.6) is 0 Å². The number of aryl methyl sites for hydroxylation is 2. The van der Waals surface area contributed by atoms with Crippen molar-refractivity contribution in [3.05, 3.63) is 15.6 Å². The van der Waals surface area contributed by atoms with Crippen LogP contribution >= 0.6 is 11.3 Å². The number of nitrogens with zero attached hydrogens (tertiary/aromatic N) is 3. The summed E-state index contributed by atoms with van der Waals surface area (Å²) in [6, 6.07) is 0. The second kappa shape index (κ2) is 8.81. The summed E-state index contributed by atoms with van der Waals surface area (Å²) in [5, 5.41) is 8.08. The van der Waals surface area contributed by atoms with E-state index in [2.05, 4.69) is 50.3 Å². The molecule has 0 aromatic carbocycles. The Balaban J connectivity index is 1.92. The van der Waals surface area contributed by atoms with Gasteiger partial charge in [0, 0.05) is 30.6 Å². The van der Waals surface area contributed by atoms with Crippen LogP contribution in [0.25, 0.3) is 0 Å². The van der Waals surface area contributed by atoms with Gasteiger partial charge in [-0.1, -0.05) is 0 Å². The normalized spacial score (nSPS) is 15.3. The Labute approximate surface area is 151 Å². The molecule has 1 aromatic rings. The van der Waals surface area contributed by atoms with E-state index in [-0.39, 0.29) is 5.54 Å². The third-order valence-electron chi connectivity index (χ3n) is 3.99. The topological polar surface area (TPSA) is 52.6 Å². The molecule has 1 aliphatic rings. The minimum atomic E-state index is 0.139. The fourth-order valence-corrected chi connectivity index (χ4v) is 4.02. The number of hydrogen-bond donors (Lipinski definition) is 2. The molecular weight excluding hydrogens is 318 g/mol. The van der Waals surface area contributed by atoms with Crippen molar-refractivity contribution in [2.45, 2.75) is 65.5 Å². The molecule has 6 heteroatoms. The van der Waals surface area contributed by atoms with Crippen molar-refractivity contribution in [3.63, 3.8) is 0 Å². The Bertz CT molecular complexity index is 521. The fraction of sp³-hybridized carbons (Fsp3) is 0.778. The van der Waals surface area contributed by atoms with Gasteiger partial charge in [-0.2, -0.15) is 0 Å². The van der Waals surface area contributed by atoms with Crippen molar-refractivity contribution in [1.82, 2.24) is 20.5 Å². The second-order valence-corrected chi connectivity index (χ2v) is 8.62. The molecule has 24 heavy (non-hydrogen) atoms. The van der Waals surface area contributed by atoms with Gasteiger partial charge in [0.1, 0.15) is 5.01 Å². The summed E-state index contributed by atoms with van der Waals surface area (Å²) in [7, 11) is 2.10. The number of thiazole rings is 1. The molecular formula is C18H33N5S. The molecule has 1 aliphatic carbocycles. The smallest absolute Gasteiger partial charge is 0.194 e. The highest BCUT2D eigenvalue weighted by Gasteiger charge is 2.17. The maximum Gasteiger partial charge on any atom is 0.194 e. The Morgan fingerprint density at radius 2 is 2.04 bits per heavy atom. The van der Waals surface area contributed by atoms with E-state index in [1.54, 1.807) is 0 Å². The van der Waals surface area contributed by atoms with Crippen LogP contribution in [0.2, 0.25) is 0 Å². The zero-order valence-corrected chi connectivity index (χ0v) is 16.7. The van der Waals surface area contributed by atoms with Crippen LogP contribution in [0.3, 0.4) is 0 Å². The predicted octanol–water partition coefficient (Wildman–Crippen LogP) is 2.81. The molecule has 1 aromatic heterocycles. The molecule has 136 valence electrons. The molecule has 0 saturated carbocycles. The zero-order chi connectivity index (χ0) is 17.6. The minimum absolute atomic E-state index is 0.139. The first-order chi connectivity index (χ1) is 11.4. The number of nitrogens with one attached hydrogen (secondary N) is 2. The first-order valence-corrected chi connectivity index (χ1v) is 9.92. The molecule has 0 spiro atoms. The third kappa shape index (κ3) is 6.06. The lowest BCUT2D eigenvalue weighted by molar-refractivity contribution is 0.429. The van der Waals surface area contributed by atoms with Gasteiger partial charge in [-0.3, -0.25) is 4.99 Å². The van der Waals surface area contributed by atoms with Gasteiger partial charge in [0.05, 0.1) is 18.8 Å². The van der Waals surface area contributed by atoms with E-state index >= 15 is 0 Å². The molecule has 5 nitrogen and oxygen atoms in total. The quantitative estimate of drug-likeness (QED) is 0.470. The van der Waals surface area contributed by atoms with Crippen molar-refractivity contribution in [3.8, 4) is 0 Å². The number of hydrogen-bond acceptors (Lipinski definition) is 4. The van der Waals surface area contributed by atoms with Gasteiger partial charge in [0.2, 0.25) is 0 Å². The SMILES string of the molecule is CCNC(=NCCNC(C)(C)C)N(C)Cc1nc2c(s1)CCCC2. The van der Waals surface area contributed by atoms with Crippen LogP contribution < -0.4 is 10.6 Å². The molecule has 2 rings (SSSR count). The second-order valence-electron chi connectivity index (χ2n) is 7.45. The van der Waals surface area contributed by atoms with E-state index in [4.69, 9.17) is 9.98 Å². The summed E-state index contributed by atoms with van der Waals surface area (Å²) in [6.45, 7) is 12.0. The third-order valence-corrected chi connectivity index (χ3v) is 5.13. The number of fused-ring (bicyclic) bond motifs is 1. The van der Waals surface area contributed by atoms with Crippen LogP contribution in [0.15, 0.2) is 4.99 Å². The lowest BCUT2D eigenvalue weighted by Crippen LogP contribution is -2.40. The fourth-order valence-electron chi connectivity index (χ4n) is 2.81. The lowest BCUT2D eigenvalue weighted by atomic mass is 10.0. The van der Waals surface area contributed by atoms with Gasteiger partial charge in [-0.25, -0.2) is 4.98 Å². The monoisotopic (exact) mass is 351 g/mol. The maximum absolute atomic E-state index is 4.84. The van der Waals surface area contributed by atoms with Gasteiger partial charge in [0.25, 0.3) is 0 Å². The molecule has 0 radical (unpaired) electrons. The lowest BCUT2D eigenvalue weighted by Gasteiger charge is -2.22. The number of aliphatic imine (C=N–C) groups is 1. The minimum Gasteiger partial charge on any atom is -0.357 e. The van der Waals surface area contributed by atoms with Crippen LogP contribution in [0.1, 0.15) is 56.1 Å². The summed E-state index contributed by atoms with van der Waals surface area (Å²) < 4.78 is 0. The standard InChI is InChI=1S/C18H33N5S/c1-6-19-17(20-11-12-21-18(2,3)4)23(5)13-16-22-14-9-7-8-10-15(14)24-16/h21H,6-13H2,1-5H3,(H,19,20). The van der Waals surface area contributed by atoms with Gasteiger partial charge in [-0.05, 0) is 53.4 Å². The maximum atomic E-state index is 4.84. The number of aromatic nitrogens is 1. The van der Waals surface area contributed by atoms with Gasteiger partial charge in [-0.15, -0.1) is 11.3 Å². The average molecular weight is 352 g/mol. The molecule has 0 amide bonds. The molecule has 1 heterocycles. The molecule has 2 N–H and O–H groups in total. The Kier molecular flexibility index (Phi) is 7.04. The summed E-state index contributed by atoms with van der Waals surface area (Å²) >= 11 is 1.88. The van der Waals surface area contributed by atoms with Gasteiger partial charge >= 0.3 is 0 Å². The van der Waals surface area contributed by atoms with Crippen LogP contribution in [-0.4, -0.2) is 48.1 Å². The average Bonchev–Trinajstić information content (AvgIpc) is 2.91. The summed E-state index contributed by atoms with van der Waals surface area (Å²) in [5.74, 6) is 0.960. The van der Waals surface area contributed by atoms with E-state index in [1.807, 2.05) is 11.3 Å². The van der Waals surface area contributed by atoms with E-state index in [0.29, 0.717) is 0 Å². The molecule has 0 saturated heterocycles. The van der Waals surface area contributed by atoms with Crippen molar-refractivity contribution in [2.75, 3.05) is 26.7 Å². The number of guanidine groups is 1. The highest BCUT2D eigenvalue weighted by molar-refractivity contribution is 7.11. The Hall–Kier alpha value is -1.14. The Morgan fingerprint density at radius 3 is 2.71 bits per heavy atom. The van der Waals surface area contributed by atoms with Crippen molar-refractivity contribution in [1.29, 1.82) is 0 Å². The Morgan fingerprint density at radius 1 is 1.29 bits per heavy atom. The molecule has 0 fully saturated rings. The number of rotatable bonds is 6. The highest BCUT2D eigenvalue weighted by Crippen LogP contribution is 2.27.